The fourth-order valence-corrected chi connectivity index (χ4v) is 6.09. The fraction of sp³-hybridized carbons (Fsp3) is 0.370. The minimum Gasteiger partial charge on any atom is -0.480 e. The van der Waals surface area contributed by atoms with E-state index in [4.69, 9.17) is 5.11 Å². The minimum atomic E-state index is -4.94. The van der Waals surface area contributed by atoms with Crippen LogP contribution in [0.2, 0.25) is 0 Å². The number of nitrogens with zero attached hydrogens (tertiary/aromatic N) is 4. The van der Waals surface area contributed by atoms with Crippen LogP contribution in [0.5, 0.6) is 5.75 Å². The molecule has 1 saturated heterocycles. The summed E-state index contributed by atoms with van der Waals surface area (Å²) in [6, 6.07) is 10.2. The van der Waals surface area contributed by atoms with Crippen molar-refractivity contribution in [2.24, 2.45) is 0 Å². The Labute approximate surface area is 240 Å². The van der Waals surface area contributed by atoms with Crippen molar-refractivity contribution in [3.05, 3.63) is 72.1 Å². The van der Waals surface area contributed by atoms with Gasteiger partial charge in [-0.25, -0.2) is 8.42 Å². The van der Waals surface area contributed by atoms with E-state index in [2.05, 4.69) is 29.0 Å². The number of hydrogen-bond acceptors (Lipinski definition) is 7. The molecule has 1 fully saturated rings. The highest BCUT2D eigenvalue weighted by Gasteiger charge is 2.40. The third-order valence-electron chi connectivity index (χ3n) is 6.69. The predicted octanol–water partition coefficient (Wildman–Crippen LogP) is 3.19. The van der Waals surface area contributed by atoms with Gasteiger partial charge in [0.05, 0.1) is 16.8 Å². The molecule has 226 valence electrons. The lowest BCUT2D eigenvalue weighted by atomic mass is 10.0. The van der Waals surface area contributed by atoms with Crippen LogP contribution in [-0.4, -0.2) is 71.5 Å². The predicted molar refractivity (Wildman–Crippen MR) is 145 cm³/mol. The number of alkyl halides is 3. The number of benzene rings is 2. The van der Waals surface area contributed by atoms with E-state index in [0.717, 1.165) is 39.7 Å². The molecule has 1 aliphatic heterocycles. The molecule has 1 unspecified atom stereocenters. The van der Waals surface area contributed by atoms with Gasteiger partial charge in [0, 0.05) is 32.4 Å². The van der Waals surface area contributed by atoms with E-state index in [1.807, 2.05) is 24.3 Å². The number of sulfonamides is 1. The number of carbonyl (C=O) groups excluding carboxylic acids is 1. The van der Waals surface area contributed by atoms with Gasteiger partial charge in [-0.15, -0.1) is 13.2 Å². The van der Waals surface area contributed by atoms with E-state index in [1.165, 1.54) is 17.1 Å². The molecule has 1 amide bonds. The number of carboxylic acid groups (broad SMARTS) is 1. The van der Waals surface area contributed by atoms with E-state index in [1.54, 1.807) is 4.90 Å². The zero-order valence-electron chi connectivity index (χ0n) is 22.8. The maximum Gasteiger partial charge on any atom is 0.573 e. The summed E-state index contributed by atoms with van der Waals surface area (Å²) in [7, 11) is -4.32. The van der Waals surface area contributed by atoms with Crippen molar-refractivity contribution in [1.82, 2.24) is 19.4 Å². The van der Waals surface area contributed by atoms with Crippen LogP contribution in [0.25, 0.3) is 0 Å². The summed E-state index contributed by atoms with van der Waals surface area (Å²) >= 11 is 0. The van der Waals surface area contributed by atoms with Crippen LogP contribution in [0.1, 0.15) is 30.9 Å². The topological polar surface area (TPSA) is 134 Å². The molecule has 1 aromatic heterocycles. The molecule has 42 heavy (non-hydrogen) atoms. The van der Waals surface area contributed by atoms with E-state index < -0.39 is 40.1 Å². The lowest BCUT2D eigenvalue weighted by Crippen LogP contribution is -2.60. The highest BCUT2D eigenvalue weighted by molar-refractivity contribution is 7.89. The maximum absolute atomic E-state index is 13.6. The number of anilines is 1. The van der Waals surface area contributed by atoms with Crippen LogP contribution in [0, 0.1) is 0 Å². The molecule has 15 heteroatoms. The van der Waals surface area contributed by atoms with Crippen molar-refractivity contribution >= 4 is 27.6 Å². The summed E-state index contributed by atoms with van der Waals surface area (Å²) in [6.07, 6.45) is -2.02. The molecule has 0 spiro atoms. The number of halogens is 3. The Morgan fingerprint density at radius 1 is 1.10 bits per heavy atom. The molecule has 2 heterocycles. The van der Waals surface area contributed by atoms with Gasteiger partial charge in [0.1, 0.15) is 18.3 Å². The van der Waals surface area contributed by atoms with Crippen molar-refractivity contribution in [3.63, 3.8) is 0 Å². The number of nitrogens with one attached hydrogen (secondary N) is 1. The second kappa shape index (κ2) is 12.4. The molecule has 1 atom stereocenters. The van der Waals surface area contributed by atoms with Gasteiger partial charge in [-0.3, -0.25) is 14.3 Å². The lowest BCUT2D eigenvalue weighted by molar-refractivity contribution is -0.274. The number of carbonyl (C=O) groups is 2. The molecule has 2 N–H and O–H groups in total. The van der Waals surface area contributed by atoms with Crippen molar-refractivity contribution in [3.8, 4) is 5.75 Å². The minimum absolute atomic E-state index is 0.0780. The first-order valence-electron chi connectivity index (χ1n) is 13.0. The molecule has 4 rings (SSSR count). The molecule has 1 aliphatic rings. The number of ether oxygens (including phenoxy) is 1. The molecule has 0 bridgehead atoms. The zero-order valence-corrected chi connectivity index (χ0v) is 23.6. The van der Waals surface area contributed by atoms with Crippen molar-refractivity contribution in [2.75, 3.05) is 24.5 Å². The number of rotatable bonds is 10. The Kier molecular flexibility index (Phi) is 9.11. The zero-order chi connectivity index (χ0) is 30.7. The average molecular weight is 610 g/mol. The number of amides is 1. The quantitative estimate of drug-likeness (QED) is 0.358. The van der Waals surface area contributed by atoms with Crippen LogP contribution in [0.3, 0.4) is 0 Å². The van der Waals surface area contributed by atoms with Crippen molar-refractivity contribution in [2.45, 2.75) is 50.2 Å². The van der Waals surface area contributed by atoms with Gasteiger partial charge in [0.25, 0.3) is 0 Å². The molecule has 2 aromatic carbocycles. The summed E-state index contributed by atoms with van der Waals surface area (Å²) in [5, 5.41) is 15.8. The van der Waals surface area contributed by atoms with Crippen LogP contribution >= 0.6 is 0 Å². The molecular weight excluding hydrogens is 579 g/mol. The molecule has 0 radical (unpaired) electrons. The first-order chi connectivity index (χ1) is 19.7. The average Bonchev–Trinajstić information content (AvgIpc) is 3.38. The third kappa shape index (κ3) is 7.59. The number of piperazine rings is 1. The van der Waals surface area contributed by atoms with Crippen molar-refractivity contribution in [1.29, 1.82) is 0 Å². The lowest BCUT2D eigenvalue weighted by Gasteiger charge is -2.40. The van der Waals surface area contributed by atoms with Gasteiger partial charge in [0.15, 0.2) is 0 Å². The highest BCUT2D eigenvalue weighted by atomic mass is 32.2. The number of aromatic nitrogens is 2. The van der Waals surface area contributed by atoms with Gasteiger partial charge in [-0.2, -0.15) is 9.40 Å². The number of aliphatic carboxylic acids is 1. The Balaban J connectivity index is 1.57. The summed E-state index contributed by atoms with van der Waals surface area (Å²) in [5.74, 6) is -1.92. The van der Waals surface area contributed by atoms with Gasteiger partial charge in [-0.05, 0) is 41.3 Å². The van der Waals surface area contributed by atoms with Crippen LogP contribution in [0.15, 0.2) is 65.8 Å². The van der Waals surface area contributed by atoms with Gasteiger partial charge < -0.3 is 20.1 Å². The van der Waals surface area contributed by atoms with Crippen LogP contribution in [0.4, 0.5) is 18.9 Å². The van der Waals surface area contributed by atoms with E-state index in [-0.39, 0.29) is 37.6 Å². The maximum atomic E-state index is 13.6. The highest BCUT2D eigenvalue weighted by Crippen LogP contribution is 2.28. The number of carboxylic acids is 1. The second-order valence-corrected chi connectivity index (χ2v) is 11.9. The van der Waals surface area contributed by atoms with E-state index in [0.29, 0.717) is 11.6 Å². The van der Waals surface area contributed by atoms with E-state index >= 15 is 0 Å². The largest absolute Gasteiger partial charge is 0.573 e. The molecule has 11 nitrogen and oxygen atoms in total. The molecule has 0 saturated carbocycles. The van der Waals surface area contributed by atoms with Gasteiger partial charge in [-0.1, -0.05) is 38.1 Å². The number of hydrogen-bond donors (Lipinski definition) is 2. The van der Waals surface area contributed by atoms with Crippen molar-refractivity contribution < 1.29 is 41.0 Å². The Morgan fingerprint density at radius 3 is 2.36 bits per heavy atom. The second-order valence-electron chi connectivity index (χ2n) is 10.0. The third-order valence-corrected chi connectivity index (χ3v) is 8.62. The standard InChI is InChI=1S/C27H30F3N5O6S/c1-18(2)20-5-3-19(4-6-20)13-31-26(38)24-16-33(21-14-32-34(15-21)17-25(36)37)11-12-35(24)42(39,40)23-9-7-22(8-10-23)41-27(28,29)30/h3-10,14-15,18,24H,11-13,16-17H2,1-2H3,(H,31,38)(H,36,37). The van der Waals surface area contributed by atoms with Gasteiger partial charge in [0.2, 0.25) is 15.9 Å². The van der Waals surface area contributed by atoms with Crippen LogP contribution < -0.4 is 15.0 Å². The summed E-state index contributed by atoms with van der Waals surface area (Å²) in [4.78, 5) is 26.0. The molecule has 3 aromatic rings. The van der Waals surface area contributed by atoms with Gasteiger partial charge >= 0.3 is 12.3 Å². The van der Waals surface area contributed by atoms with Crippen LogP contribution in [-0.2, 0) is 32.7 Å². The first kappa shape index (κ1) is 30.8. The smallest absolute Gasteiger partial charge is 0.480 e. The normalized spacial score (nSPS) is 16.4. The summed E-state index contributed by atoms with van der Waals surface area (Å²) in [6.45, 7) is 3.82. The molecule has 0 aliphatic carbocycles. The Morgan fingerprint density at radius 2 is 1.76 bits per heavy atom. The Hall–Kier alpha value is -4.11. The SMILES string of the molecule is CC(C)c1ccc(CNC(=O)C2CN(c3cnn(CC(=O)O)c3)CCN2S(=O)(=O)c2ccc(OC(F)(F)F)cc2)cc1. The summed E-state index contributed by atoms with van der Waals surface area (Å²) < 4.78 is 71.0. The molecular formula is C27H30F3N5O6S. The summed E-state index contributed by atoms with van der Waals surface area (Å²) in [5.41, 5.74) is 2.44. The van der Waals surface area contributed by atoms with E-state index in [9.17, 15) is 31.2 Å². The monoisotopic (exact) mass is 609 g/mol. The fourth-order valence-electron chi connectivity index (χ4n) is 4.52. The first-order valence-corrected chi connectivity index (χ1v) is 14.4. The Bertz CT molecular complexity index is 1510.